The Hall–Kier alpha value is -4.60. The summed E-state index contributed by atoms with van der Waals surface area (Å²) in [6, 6.07) is 11.5. The third-order valence-corrected chi connectivity index (χ3v) is 3.81. The summed E-state index contributed by atoms with van der Waals surface area (Å²) in [5.41, 5.74) is 0.791. The summed E-state index contributed by atoms with van der Waals surface area (Å²) in [7, 11) is 0. The molecule has 2 aromatic carbocycles. The van der Waals surface area contributed by atoms with Crippen molar-refractivity contribution < 1.29 is 49.1 Å². The van der Waals surface area contributed by atoms with Crippen LogP contribution in [-0.2, 0) is 28.7 Å². The average molecular weight is 442 g/mol. The first-order chi connectivity index (χ1) is 15.2. The molecule has 0 aliphatic rings. The van der Waals surface area contributed by atoms with E-state index in [1.54, 1.807) is 12.1 Å². The molecule has 2 atom stereocenters. The van der Waals surface area contributed by atoms with Crippen LogP contribution in [0.5, 0.6) is 11.5 Å². The zero-order valence-corrected chi connectivity index (χ0v) is 16.3. The fourth-order valence-electron chi connectivity index (χ4n) is 2.40. The van der Waals surface area contributed by atoms with Crippen LogP contribution in [0.2, 0.25) is 0 Å². The van der Waals surface area contributed by atoms with Gasteiger partial charge in [-0.2, -0.15) is 0 Å². The number of aromatic hydroxyl groups is 2. The summed E-state index contributed by atoms with van der Waals surface area (Å²) in [6.45, 7) is 0. The fraction of sp³-hybridized carbons (Fsp3) is 0.0909. The molecule has 0 saturated heterocycles. The highest BCUT2D eigenvalue weighted by Gasteiger charge is 2.40. The molecule has 0 bridgehead atoms. The summed E-state index contributed by atoms with van der Waals surface area (Å²) >= 11 is 0. The second-order valence-electron chi connectivity index (χ2n) is 6.25. The van der Waals surface area contributed by atoms with Crippen LogP contribution in [-0.4, -0.2) is 56.5 Å². The van der Waals surface area contributed by atoms with E-state index in [-0.39, 0.29) is 11.5 Å². The molecule has 0 spiro atoms. The summed E-state index contributed by atoms with van der Waals surface area (Å²) in [5, 5.41) is 37.3. The minimum Gasteiger partial charge on any atom is -0.508 e. The van der Waals surface area contributed by atoms with Crippen molar-refractivity contribution in [1.82, 2.24) is 0 Å². The van der Waals surface area contributed by atoms with Crippen molar-refractivity contribution in [3.8, 4) is 11.5 Å². The topological polar surface area (TPSA) is 168 Å². The lowest BCUT2D eigenvalue weighted by Crippen LogP contribution is -2.45. The van der Waals surface area contributed by atoms with Gasteiger partial charge in [0.25, 0.3) is 0 Å². The molecule has 10 heteroatoms. The van der Waals surface area contributed by atoms with Crippen LogP contribution in [0.15, 0.2) is 60.7 Å². The number of carbonyl (C=O) groups is 4. The van der Waals surface area contributed by atoms with Gasteiger partial charge in [-0.3, -0.25) is 0 Å². The van der Waals surface area contributed by atoms with E-state index in [9.17, 15) is 39.6 Å². The van der Waals surface area contributed by atoms with Crippen LogP contribution in [0.25, 0.3) is 12.2 Å². The van der Waals surface area contributed by atoms with E-state index in [1.807, 2.05) is 0 Å². The molecule has 0 radical (unpaired) electrons. The molecule has 2 rings (SSSR count). The average Bonchev–Trinajstić information content (AvgIpc) is 2.73. The third-order valence-electron chi connectivity index (χ3n) is 3.81. The van der Waals surface area contributed by atoms with Crippen LogP contribution in [0, 0.1) is 0 Å². The molecule has 0 aliphatic heterocycles. The summed E-state index contributed by atoms with van der Waals surface area (Å²) in [6.07, 6.45) is -0.582. The van der Waals surface area contributed by atoms with Gasteiger partial charge in [-0.05, 0) is 47.5 Å². The van der Waals surface area contributed by atoms with Gasteiger partial charge >= 0.3 is 23.9 Å². The van der Waals surface area contributed by atoms with Crippen molar-refractivity contribution in [2.24, 2.45) is 0 Å². The third kappa shape index (κ3) is 7.34. The molecule has 32 heavy (non-hydrogen) atoms. The maximum atomic E-state index is 12.0. The normalized spacial score (nSPS) is 12.9. The van der Waals surface area contributed by atoms with Gasteiger partial charge in [0.15, 0.2) is 0 Å². The maximum Gasteiger partial charge on any atom is 0.349 e. The lowest BCUT2D eigenvalue weighted by Gasteiger charge is -2.19. The second kappa shape index (κ2) is 11.0. The van der Waals surface area contributed by atoms with E-state index in [1.165, 1.54) is 48.6 Å². The number of rotatable bonds is 9. The van der Waals surface area contributed by atoms with E-state index in [0.717, 1.165) is 12.2 Å². The van der Waals surface area contributed by atoms with Gasteiger partial charge < -0.3 is 29.9 Å². The first-order valence-corrected chi connectivity index (χ1v) is 8.97. The van der Waals surface area contributed by atoms with Crippen molar-refractivity contribution in [3.05, 3.63) is 71.8 Å². The highest BCUT2D eigenvalue weighted by Crippen LogP contribution is 2.14. The molecule has 0 saturated carbocycles. The monoisotopic (exact) mass is 442 g/mol. The van der Waals surface area contributed by atoms with Crippen LogP contribution in [0.4, 0.5) is 0 Å². The smallest absolute Gasteiger partial charge is 0.349 e. The Bertz CT molecular complexity index is 984. The zero-order valence-electron chi connectivity index (χ0n) is 16.3. The Balaban J connectivity index is 2.09. The molecule has 2 aromatic rings. The maximum absolute atomic E-state index is 12.0. The number of hydrogen-bond acceptors (Lipinski definition) is 8. The highest BCUT2D eigenvalue weighted by molar-refractivity contribution is 5.93. The van der Waals surface area contributed by atoms with Crippen LogP contribution >= 0.6 is 0 Å². The Morgan fingerprint density at radius 1 is 0.688 bits per heavy atom. The number of ether oxygens (including phenoxy) is 2. The molecule has 0 amide bonds. The van der Waals surface area contributed by atoms with E-state index < -0.39 is 36.1 Å². The number of esters is 2. The van der Waals surface area contributed by atoms with Crippen molar-refractivity contribution in [3.63, 3.8) is 0 Å². The minimum absolute atomic E-state index is 0.0689. The van der Waals surface area contributed by atoms with Crippen LogP contribution in [0.1, 0.15) is 11.1 Å². The molecule has 4 N–H and O–H groups in total. The Morgan fingerprint density at radius 2 is 1.06 bits per heavy atom. The fourth-order valence-corrected chi connectivity index (χ4v) is 2.40. The number of carboxylic acids is 2. The largest absolute Gasteiger partial charge is 0.508 e. The molecule has 0 aliphatic carbocycles. The molecule has 10 nitrogen and oxygen atoms in total. The summed E-state index contributed by atoms with van der Waals surface area (Å²) in [4.78, 5) is 46.9. The lowest BCUT2D eigenvalue weighted by molar-refractivity contribution is -0.183. The van der Waals surface area contributed by atoms with E-state index >= 15 is 0 Å². The molecule has 0 aromatic heterocycles. The quantitative estimate of drug-likeness (QED) is 0.332. The Kier molecular flexibility index (Phi) is 8.12. The van der Waals surface area contributed by atoms with Crippen molar-refractivity contribution in [2.75, 3.05) is 0 Å². The molecule has 0 unspecified atom stereocenters. The summed E-state index contributed by atoms with van der Waals surface area (Å²) in [5.74, 6) is -6.25. The lowest BCUT2D eigenvalue weighted by atomic mass is 10.2. The number of hydrogen-bond donors (Lipinski definition) is 4. The Morgan fingerprint density at radius 3 is 1.38 bits per heavy atom. The highest BCUT2D eigenvalue weighted by atomic mass is 16.6. The SMILES string of the molecule is O=C(/C=C/c1cccc(O)c1)O[C@@H](C(=O)O)[C@@H](OC(=O)/C=C/c1cccc(O)c1)C(=O)O. The first kappa shape index (κ1) is 23.7. The molecular formula is C22H18O10. The van der Waals surface area contributed by atoms with Gasteiger partial charge in [0.1, 0.15) is 11.5 Å². The van der Waals surface area contributed by atoms with E-state index in [2.05, 4.69) is 9.47 Å². The number of aliphatic carboxylic acids is 2. The van der Waals surface area contributed by atoms with Gasteiger partial charge in [-0.25, -0.2) is 19.2 Å². The van der Waals surface area contributed by atoms with Gasteiger partial charge in [0.05, 0.1) is 0 Å². The van der Waals surface area contributed by atoms with Crippen molar-refractivity contribution >= 4 is 36.0 Å². The molecule has 0 heterocycles. The van der Waals surface area contributed by atoms with Crippen LogP contribution < -0.4 is 0 Å². The molecular weight excluding hydrogens is 424 g/mol. The predicted octanol–water partition coefficient (Wildman–Crippen LogP) is 1.82. The number of phenolic OH excluding ortho intramolecular Hbond substituents is 2. The van der Waals surface area contributed by atoms with Gasteiger partial charge in [0, 0.05) is 12.2 Å². The second-order valence-corrected chi connectivity index (χ2v) is 6.25. The summed E-state index contributed by atoms with van der Waals surface area (Å²) < 4.78 is 9.33. The van der Waals surface area contributed by atoms with Gasteiger partial charge in [-0.1, -0.05) is 24.3 Å². The number of carboxylic acid groups (broad SMARTS) is 2. The van der Waals surface area contributed by atoms with E-state index in [4.69, 9.17) is 0 Å². The van der Waals surface area contributed by atoms with Crippen molar-refractivity contribution in [2.45, 2.75) is 12.2 Å². The Labute approximate surface area is 181 Å². The van der Waals surface area contributed by atoms with Gasteiger partial charge in [-0.15, -0.1) is 0 Å². The number of phenols is 2. The van der Waals surface area contributed by atoms with Crippen LogP contribution in [0.3, 0.4) is 0 Å². The first-order valence-electron chi connectivity index (χ1n) is 8.97. The number of carbonyl (C=O) groups excluding carboxylic acids is 2. The zero-order chi connectivity index (χ0) is 23.7. The van der Waals surface area contributed by atoms with Crippen molar-refractivity contribution in [1.29, 1.82) is 0 Å². The predicted molar refractivity (Wildman–Crippen MR) is 109 cm³/mol. The standard InChI is InChI=1S/C22H18O10/c23-15-5-1-3-13(11-15)7-9-17(25)31-19(21(27)28)20(22(29)30)32-18(26)10-8-14-4-2-6-16(24)12-14/h1-12,19-20,23-24H,(H,27,28)(H,29,30)/b9-7+,10-8+/t19-,20-/m1/s1. The van der Waals surface area contributed by atoms with Gasteiger partial charge in [0.2, 0.25) is 12.2 Å². The molecule has 166 valence electrons. The molecule has 0 fully saturated rings. The number of benzene rings is 2. The minimum atomic E-state index is -2.33. The van der Waals surface area contributed by atoms with E-state index in [0.29, 0.717) is 11.1 Å².